The molecule has 154 valence electrons. The van der Waals surface area contributed by atoms with Gasteiger partial charge in [-0.15, -0.1) is 0 Å². The van der Waals surface area contributed by atoms with Crippen molar-refractivity contribution in [1.29, 1.82) is 0 Å². The molecule has 1 N–H and O–H groups in total. The molecular weight excluding hydrogens is 396 g/mol. The van der Waals surface area contributed by atoms with Crippen LogP contribution >= 0.6 is 11.3 Å². The van der Waals surface area contributed by atoms with Gasteiger partial charge in [0.1, 0.15) is 16.4 Å². The lowest BCUT2D eigenvalue weighted by molar-refractivity contribution is 0.206. The Morgan fingerprint density at radius 3 is 2.46 bits per heavy atom. The second-order valence-electron chi connectivity index (χ2n) is 6.89. The van der Waals surface area contributed by atoms with Gasteiger partial charge in [-0.1, -0.05) is 12.8 Å². The summed E-state index contributed by atoms with van der Waals surface area (Å²) in [4.78, 5) is 2.53. The zero-order valence-electron chi connectivity index (χ0n) is 16.4. The van der Waals surface area contributed by atoms with Gasteiger partial charge in [0.2, 0.25) is 10.0 Å². The van der Waals surface area contributed by atoms with Gasteiger partial charge in [0.05, 0.1) is 14.2 Å². The average Bonchev–Trinajstić information content (AvgIpc) is 3.10. The summed E-state index contributed by atoms with van der Waals surface area (Å²) >= 11 is 1.64. The Labute approximate surface area is 171 Å². The molecular formula is C20H28N2O4S2. The van der Waals surface area contributed by atoms with E-state index in [4.69, 9.17) is 9.47 Å². The Bertz CT molecular complexity index is 845. The van der Waals surface area contributed by atoms with Crippen LogP contribution in [0.2, 0.25) is 0 Å². The first-order valence-corrected chi connectivity index (χ1v) is 12.0. The summed E-state index contributed by atoms with van der Waals surface area (Å²) in [6, 6.07) is 6.85. The third kappa shape index (κ3) is 5.05. The summed E-state index contributed by atoms with van der Waals surface area (Å²) in [5.41, 5.74) is 1.16. The van der Waals surface area contributed by atoms with Crippen molar-refractivity contribution in [2.45, 2.75) is 36.6 Å². The molecule has 0 aliphatic carbocycles. The highest BCUT2D eigenvalue weighted by Gasteiger charge is 2.26. The summed E-state index contributed by atoms with van der Waals surface area (Å²) < 4.78 is 39.2. The van der Waals surface area contributed by atoms with Crippen molar-refractivity contribution in [1.82, 2.24) is 9.62 Å². The Balaban J connectivity index is 1.80. The molecule has 0 spiro atoms. The van der Waals surface area contributed by atoms with Crippen molar-refractivity contribution < 1.29 is 17.9 Å². The molecule has 8 heteroatoms. The molecule has 2 aromatic rings. The maximum absolute atomic E-state index is 13.0. The van der Waals surface area contributed by atoms with Gasteiger partial charge < -0.3 is 9.47 Å². The number of hydrogen-bond acceptors (Lipinski definition) is 6. The molecule has 1 aliphatic heterocycles. The SMILES string of the molecule is COc1ccc(S(=O)(=O)NC[C@H](c2ccsc2)N2CCCCCC2)c(OC)c1. The van der Waals surface area contributed by atoms with Crippen LogP contribution in [0.15, 0.2) is 39.9 Å². The molecule has 28 heavy (non-hydrogen) atoms. The molecule has 0 amide bonds. The average molecular weight is 425 g/mol. The second kappa shape index (κ2) is 9.73. The first kappa shape index (κ1) is 21.1. The molecule has 2 heterocycles. The summed E-state index contributed by atoms with van der Waals surface area (Å²) in [5, 5.41) is 4.15. The van der Waals surface area contributed by atoms with Crippen LogP contribution in [0.1, 0.15) is 37.3 Å². The van der Waals surface area contributed by atoms with Gasteiger partial charge in [0, 0.05) is 18.7 Å². The number of thiophene rings is 1. The van der Waals surface area contributed by atoms with Gasteiger partial charge in [-0.3, -0.25) is 4.90 Å². The molecule has 0 saturated carbocycles. The third-order valence-electron chi connectivity index (χ3n) is 5.14. The summed E-state index contributed by atoms with van der Waals surface area (Å²) in [7, 11) is -0.723. The topological polar surface area (TPSA) is 67.9 Å². The van der Waals surface area contributed by atoms with Crippen molar-refractivity contribution >= 4 is 21.4 Å². The van der Waals surface area contributed by atoms with Crippen LogP contribution in [0.3, 0.4) is 0 Å². The van der Waals surface area contributed by atoms with Crippen LogP contribution in [0.25, 0.3) is 0 Å². The summed E-state index contributed by atoms with van der Waals surface area (Å²) in [6.45, 7) is 2.32. The number of methoxy groups -OCH3 is 2. The van der Waals surface area contributed by atoms with Crippen LogP contribution < -0.4 is 14.2 Å². The minimum absolute atomic E-state index is 0.0309. The van der Waals surface area contributed by atoms with Gasteiger partial charge in [0.25, 0.3) is 0 Å². The molecule has 3 rings (SSSR count). The molecule has 0 bridgehead atoms. The maximum atomic E-state index is 13.0. The highest BCUT2D eigenvalue weighted by atomic mass is 32.2. The van der Waals surface area contributed by atoms with Crippen LogP contribution in [0.5, 0.6) is 11.5 Å². The highest BCUT2D eigenvalue weighted by Crippen LogP contribution is 2.30. The van der Waals surface area contributed by atoms with Crippen LogP contribution in [-0.4, -0.2) is 47.2 Å². The fourth-order valence-electron chi connectivity index (χ4n) is 3.59. The summed E-state index contributed by atoms with van der Waals surface area (Å²) in [6.07, 6.45) is 4.78. The minimum Gasteiger partial charge on any atom is -0.497 e. The number of rotatable bonds is 8. The van der Waals surface area contributed by atoms with Gasteiger partial charge in [-0.2, -0.15) is 11.3 Å². The molecule has 1 aliphatic rings. The van der Waals surface area contributed by atoms with E-state index >= 15 is 0 Å². The van der Waals surface area contributed by atoms with E-state index in [-0.39, 0.29) is 16.7 Å². The monoisotopic (exact) mass is 424 g/mol. The lowest BCUT2D eigenvalue weighted by atomic mass is 10.1. The third-order valence-corrected chi connectivity index (χ3v) is 7.30. The highest BCUT2D eigenvalue weighted by molar-refractivity contribution is 7.89. The Morgan fingerprint density at radius 2 is 1.86 bits per heavy atom. The normalized spacial score (nSPS) is 17.1. The van der Waals surface area contributed by atoms with Gasteiger partial charge in [-0.05, 0) is 60.5 Å². The van der Waals surface area contributed by atoms with Gasteiger partial charge in [0.15, 0.2) is 0 Å². The van der Waals surface area contributed by atoms with E-state index in [1.165, 1.54) is 33.1 Å². The first-order chi connectivity index (χ1) is 13.5. The van der Waals surface area contributed by atoms with Crippen LogP contribution in [-0.2, 0) is 10.0 Å². The number of sulfonamides is 1. The Hall–Kier alpha value is -1.61. The molecule has 0 unspecified atom stereocenters. The largest absolute Gasteiger partial charge is 0.497 e. The van der Waals surface area contributed by atoms with Crippen LogP contribution in [0.4, 0.5) is 0 Å². The quantitative estimate of drug-likeness (QED) is 0.700. The Kier molecular flexibility index (Phi) is 7.34. The number of likely N-dealkylation sites (tertiary alicyclic amines) is 1. The number of hydrogen-bond donors (Lipinski definition) is 1. The molecule has 1 fully saturated rings. The van der Waals surface area contributed by atoms with Crippen molar-refractivity contribution in [2.75, 3.05) is 33.9 Å². The fraction of sp³-hybridized carbons (Fsp3) is 0.500. The second-order valence-corrected chi connectivity index (χ2v) is 9.41. The van der Waals surface area contributed by atoms with E-state index in [9.17, 15) is 8.42 Å². The molecule has 6 nitrogen and oxygen atoms in total. The number of nitrogens with zero attached hydrogens (tertiary/aromatic N) is 1. The van der Waals surface area contributed by atoms with E-state index in [2.05, 4.69) is 21.1 Å². The molecule has 1 atom stereocenters. The van der Waals surface area contributed by atoms with Crippen LogP contribution in [0, 0.1) is 0 Å². The first-order valence-electron chi connectivity index (χ1n) is 9.53. The van der Waals surface area contributed by atoms with Crippen molar-refractivity contribution in [3.05, 3.63) is 40.6 Å². The molecule has 1 aromatic carbocycles. The standard InChI is InChI=1S/C20H28N2O4S2/c1-25-17-7-8-20(19(13-17)26-2)28(23,24)21-14-18(16-9-12-27-15-16)22-10-5-3-4-6-11-22/h7-9,12-13,15,18,21H,3-6,10-11,14H2,1-2H3/t18-/m1/s1. The smallest absolute Gasteiger partial charge is 0.244 e. The Morgan fingerprint density at radius 1 is 1.11 bits per heavy atom. The van der Waals surface area contributed by atoms with Crippen molar-refractivity contribution in [3.63, 3.8) is 0 Å². The molecule has 1 aromatic heterocycles. The molecule has 0 radical (unpaired) electrons. The maximum Gasteiger partial charge on any atom is 0.244 e. The minimum atomic E-state index is -3.72. The van der Waals surface area contributed by atoms with E-state index < -0.39 is 10.0 Å². The van der Waals surface area contributed by atoms with Gasteiger partial charge >= 0.3 is 0 Å². The zero-order chi connectivity index (χ0) is 20.0. The lowest BCUT2D eigenvalue weighted by Crippen LogP contribution is -2.38. The lowest BCUT2D eigenvalue weighted by Gasteiger charge is -2.30. The van der Waals surface area contributed by atoms with Gasteiger partial charge in [-0.25, -0.2) is 13.1 Å². The summed E-state index contributed by atoms with van der Waals surface area (Å²) in [5.74, 6) is 0.824. The molecule has 1 saturated heterocycles. The number of benzene rings is 1. The van der Waals surface area contributed by atoms with E-state index in [0.29, 0.717) is 12.3 Å². The zero-order valence-corrected chi connectivity index (χ0v) is 18.0. The van der Waals surface area contributed by atoms with E-state index in [1.807, 2.05) is 5.38 Å². The predicted molar refractivity (Wildman–Crippen MR) is 112 cm³/mol. The van der Waals surface area contributed by atoms with E-state index in [1.54, 1.807) is 23.5 Å². The fourth-order valence-corrected chi connectivity index (χ4v) is 5.49. The number of ether oxygens (including phenoxy) is 2. The van der Waals surface area contributed by atoms with Crippen molar-refractivity contribution in [2.24, 2.45) is 0 Å². The predicted octanol–water partition coefficient (Wildman–Crippen LogP) is 3.66. The number of nitrogens with one attached hydrogen (secondary N) is 1. The van der Waals surface area contributed by atoms with Crippen molar-refractivity contribution in [3.8, 4) is 11.5 Å². The van der Waals surface area contributed by atoms with E-state index in [0.717, 1.165) is 31.5 Å².